The number of anilines is 1. The van der Waals surface area contributed by atoms with Crippen LogP contribution in [0.5, 0.6) is 0 Å². The summed E-state index contributed by atoms with van der Waals surface area (Å²) in [6.07, 6.45) is 4.79. The number of benzene rings is 1. The quantitative estimate of drug-likeness (QED) is 0.558. The molecule has 0 unspecified atom stereocenters. The largest absolute Gasteiger partial charge is 0.322 e. The van der Waals surface area contributed by atoms with Gasteiger partial charge >= 0.3 is 0 Å². The van der Waals surface area contributed by atoms with E-state index in [0.717, 1.165) is 16.8 Å². The Morgan fingerprint density at radius 1 is 1.22 bits per heavy atom. The first kappa shape index (κ1) is 18.4. The molecule has 2 heterocycles. The molecule has 0 saturated heterocycles. The average Bonchev–Trinajstić information content (AvgIpc) is 2.91. The summed E-state index contributed by atoms with van der Waals surface area (Å²) in [6, 6.07) is 12.9. The van der Waals surface area contributed by atoms with Crippen LogP contribution < -0.4 is 5.32 Å². The third-order valence-corrected chi connectivity index (χ3v) is 4.18. The minimum Gasteiger partial charge on any atom is -0.322 e. The summed E-state index contributed by atoms with van der Waals surface area (Å²) in [7, 11) is 1.75. The lowest BCUT2D eigenvalue weighted by Crippen LogP contribution is -2.07. The summed E-state index contributed by atoms with van der Waals surface area (Å²) in [4.78, 5) is 16.4. The minimum absolute atomic E-state index is 0.260. The van der Waals surface area contributed by atoms with Crippen LogP contribution in [0.2, 0.25) is 5.15 Å². The maximum atomic E-state index is 12.2. The van der Waals surface area contributed by atoms with Crippen LogP contribution in [0.4, 0.5) is 5.69 Å². The fraction of sp³-hybridized carbons (Fsp3) is 0.0952. The number of hydrogen-bond acceptors (Lipinski definition) is 3. The number of carbonyl (C=O) groups excluding carboxylic acids is 1. The Kier molecular flexibility index (Phi) is 5.70. The van der Waals surface area contributed by atoms with Crippen LogP contribution in [-0.2, 0) is 11.8 Å². The van der Waals surface area contributed by atoms with Crippen LogP contribution in [0.1, 0.15) is 22.5 Å². The van der Waals surface area contributed by atoms with Gasteiger partial charge in [0.1, 0.15) is 10.8 Å². The molecule has 1 aromatic carbocycles. The van der Waals surface area contributed by atoms with Crippen LogP contribution >= 0.6 is 11.6 Å². The van der Waals surface area contributed by atoms with Gasteiger partial charge < -0.3 is 5.32 Å². The second kappa shape index (κ2) is 8.35. The number of halogens is 1. The predicted octanol–water partition coefficient (Wildman–Crippen LogP) is 3.83. The molecule has 2 aromatic heterocycles. The Morgan fingerprint density at radius 3 is 2.78 bits per heavy atom. The van der Waals surface area contributed by atoms with Gasteiger partial charge in [-0.05, 0) is 49.3 Å². The first-order chi connectivity index (χ1) is 13.0. The van der Waals surface area contributed by atoms with Crippen molar-refractivity contribution in [2.45, 2.75) is 6.92 Å². The topological polar surface area (TPSA) is 59.8 Å². The van der Waals surface area contributed by atoms with Gasteiger partial charge in [-0.25, -0.2) is 4.98 Å². The third-order valence-electron chi connectivity index (χ3n) is 3.73. The molecule has 0 aliphatic carbocycles. The van der Waals surface area contributed by atoms with Gasteiger partial charge in [-0.15, -0.1) is 0 Å². The monoisotopic (exact) mass is 376 g/mol. The highest BCUT2D eigenvalue weighted by molar-refractivity contribution is 6.31. The van der Waals surface area contributed by atoms with E-state index < -0.39 is 0 Å². The molecule has 1 amide bonds. The highest BCUT2D eigenvalue weighted by atomic mass is 35.5. The van der Waals surface area contributed by atoms with Gasteiger partial charge in [0.05, 0.1) is 5.69 Å². The second-order valence-electron chi connectivity index (χ2n) is 5.78. The first-order valence-corrected chi connectivity index (χ1v) is 8.62. The smallest absolute Gasteiger partial charge is 0.248 e. The highest BCUT2D eigenvalue weighted by Gasteiger charge is 2.08. The molecular formula is C21H17ClN4O. The summed E-state index contributed by atoms with van der Waals surface area (Å²) < 4.78 is 1.57. The number of nitrogens with one attached hydrogen (secondary N) is 1. The molecule has 5 nitrogen and oxygen atoms in total. The lowest BCUT2D eigenvalue weighted by molar-refractivity contribution is -0.111. The fourth-order valence-corrected chi connectivity index (χ4v) is 2.66. The molecule has 0 radical (unpaired) electrons. The molecule has 27 heavy (non-hydrogen) atoms. The van der Waals surface area contributed by atoms with Gasteiger partial charge in [0, 0.05) is 36.1 Å². The number of pyridine rings is 1. The molecule has 0 aliphatic rings. The SMILES string of the molecule is Cc1nn(C)c(Cl)c1/C=C/C(=O)Nc1cccc(C#Cc2ccccn2)c1. The Bertz CT molecular complexity index is 1060. The molecular weight excluding hydrogens is 360 g/mol. The molecule has 0 spiro atoms. The number of hydrogen-bond donors (Lipinski definition) is 1. The summed E-state index contributed by atoms with van der Waals surface area (Å²) >= 11 is 6.16. The molecule has 0 atom stereocenters. The lowest BCUT2D eigenvalue weighted by Gasteiger charge is -2.02. The second-order valence-corrected chi connectivity index (χ2v) is 6.14. The van der Waals surface area contributed by atoms with Gasteiger partial charge in [0.15, 0.2) is 0 Å². The number of nitrogens with zero attached hydrogens (tertiary/aromatic N) is 3. The molecule has 3 rings (SSSR count). The lowest BCUT2D eigenvalue weighted by atomic mass is 10.2. The normalized spacial score (nSPS) is 10.5. The van der Waals surface area contributed by atoms with Crippen LogP contribution in [0.15, 0.2) is 54.7 Å². The van der Waals surface area contributed by atoms with Gasteiger partial charge in [-0.2, -0.15) is 5.10 Å². The molecule has 6 heteroatoms. The first-order valence-electron chi connectivity index (χ1n) is 8.24. The number of carbonyl (C=O) groups is 1. The van der Waals surface area contributed by atoms with E-state index in [2.05, 4.69) is 27.2 Å². The Labute approximate surface area is 162 Å². The Morgan fingerprint density at radius 2 is 2.07 bits per heavy atom. The van der Waals surface area contributed by atoms with Gasteiger partial charge in [0.2, 0.25) is 5.91 Å². The number of aromatic nitrogens is 3. The predicted molar refractivity (Wildman–Crippen MR) is 107 cm³/mol. The molecule has 134 valence electrons. The van der Waals surface area contributed by atoms with Crippen molar-refractivity contribution < 1.29 is 4.79 Å². The Hall–Kier alpha value is -3.36. The number of amides is 1. The molecule has 0 aliphatic heterocycles. The van der Waals surface area contributed by atoms with Crippen LogP contribution in [0, 0.1) is 18.8 Å². The van der Waals surface area contributed by atoms with E-state index in [0.29, 0.717) is 16.5 Å². The van der Waals surface area contributed by atoms with Crippen molar-refractivity contribution in [3.8, 4) is 11.8 Å². The molecule has 0 fully saturated rings. The molecule has 0 bridgehead atoms. The molecule has 1 N–H and O–H groups in total. The summed E-state index contributed by atoms with van der Waals surface area (Å²) in [5.74, 6) is 5.77. The van der Waals surface area contributed by atoms with Crippen molar-refractivity contribution in [3.05, 3.63) is 82.4 Å². The summed E-state index contributed by atoms with van der Waals surface area (Å²) in [5.41, 5.74) is 3.63. The number of rotatable bonds is 3. The van der Waals surface area contributed by atoms with Gasteiger partial charge in [0.25, 0.3) is 0 Å². The van der Waals surface area contributed by atoms with Crippen molar-refractivity contribution in [2.75, 3.05) is 5.32 Å². The Balaban J connectivity index is 1.70. The number of aryl methyl sites for hydroxylation is 2. The van der Waals surface area contributed by atoms with Crippen molar-refractivity contribution >= 4 is 29.3 Å². The maximum absolute atomic E-state index is 12.2. The van der Waals surface area contributed by atoms with Crippen LogP contribution in [-0.4, -0.2) is 20.7 Å². The standard InChI is InChI=1S/C21H17ClN4O/c1-15-19(21(22)26(2)25-15)11-12-20(27)24-18-8-5-6-16(14-18)9-10-17-7-3-4-13-23-17/h3-8,11-14H,1-2H3,(H,24,27)/b12-11+. The fourth-order valence-electron chi connectivity index (χ4n) is 2.43. The summed E-state index contributed by atoms with van der Waals surface area (Å²) in [6.45, 7) is 1.84. The van der Waals surface area contributed by atoms with E-state index in [1.165, 1.54) is 6.08 Å². The summed E-state index contributed by atoms with van der Waals surface area (Å²) in [5, 5.41) is 7.52. The van der Waals surface area contributed by atoms with E-state index in [-0.39, 0.29) is 5.91 Å². The molecule has 0 saturated carbocycles. The van der Waals surface area contributed by atoms with Gasteiger partial charge in [-0.1, -0.05) is 29.7 Å². The van der Waals surface area contributed by atoms with E-state index >= 15 is 0 Å². The minimum atomic E-state index is -0.260. The van der Waals surface area contributed by atoms with Crippen molar-refractivity contribution in [2.24, 2.45) is 7.05 Å². The average molecular weight is 377 g/mol. The zero-order valence-electron chi connectivity index (χ0n) is 14.9. The van der Waals surface area contributed by atoms with E-state index in [9.17, 15) is 4.79 Å². The van der Waals surface area contributed by atoms with E-state index in [1.807, 2.05) is 43.3 Å². The van der Waals surface area contributed by atoms with E-state index in [1.54, 1.807) is 30.1 Å². The van der Waals surface area contributed by atoms with Crippen LogP contribution in [0.25, 0.3) is 6.08 Å². The van der Waals surface area contributed by atoms with Crippen LogP contribution in [0.3, 0.4) is 0 Å². The zero-order valence-corrected chi connectivity index (χ0v) is 15.7. The maximum Gasteiger partial charge on any atom is 0.248 e. The van der Waals surface area contributed by atoms with Gasteiger partial charge in [-0.3, -0.25) is 9.48 Å². The van der Waals surface area contributed by atoms with Crippen molar-refractivity contribution in [1.82, 2.24) is 14.8 Å². The van der Waals surface area contributed by atoms with Crippen molar-refractivity contribution in [1.29, 1.82) is 0 Å². The van der Waals surface area contributed by atoms with Crippen molar-refractivity contribution in [3.63, 3.8) is 0 Å². The zero-order chi connectivity index (χ0) is 19.2. The van der Waals surface area contributed by atoms with E-state index in [4.69, 9.17) is 11.6 Å². The highest BCUT2D eigenvalue weighted by Crippen LogP contribution is 2.20. The third kappa shape index (κ3) is 4.84. The molecule has 3 aromatic rings.